The Hall–Kier alpha value is -2.51. The molecule has 2 aliphatic heterocycles. The van der Waals surface area contributed by atoms with Crippen LogP contribution in [-0.2, 0) is 5.54 Å². The number of aromatic nitrogens is 2. The molecule has 0 amide bonds. The third-order valence-electron chi connectivity index (χ3n) is 4.61. The summed E-state index contributed by atoms with van der Waals surface area (Å²) in [5.74, 6) is -0.00414. The minimum atomic E-state index is -1.10. The van der Waals surface area contributed by atoms with Crippen LogP contribution < -0.4 is 10.5 Å². The molecule has 1 aromatic carbocycles. The summed E-state index contributed by atoms with van der Waals surface area (Å²) in [5, 5.41) is 0.00813. The average Bonchev–Trinajstić information content (AvgIpc) is 2.91. The van der Waals surface area contributed by atoms with Crippen molar-refractivity contribution < 1.29 is 9.13 Å². The van der Waals surface area contributed by atoms with E-state index in [9.17, 15) is 4.39 Å². The molecular formula is C18H9BrClFN4O. The van der Waals surface area contributed by atoms with Crippen LogP contribution in [-0.4, -0.2) is 15.8 Å². The summed E-state index contributed by atoms with van der Waals surface area (Å²) < 4.78 is 21.2. The second-order valence-electron chi connectivity index (χ2n) is 5.98. The lowest BCUT2D eigenvalue weighted by atomic mass is 9.76. The van der Waals surface area contributed by atoms with Crippen LogP contribution in [0.4, 0.5) is 4.39 Å². The minimum absolute atomic E-state index is 0.00813. The number of nitrogens with zero attached hydrogens (tertiary/aromatic N) is 3. The van der Waals surface area contributed by atoms with Gasteiger partial charge in [0.1, 0.15) is 22.3 Å². The largest absolute Gasteiger partial charge is 0.452 e. The smallest absolute Gasteiger partial charge is 0.257 e. The maximum atomic E-state index is 14.6. The molecule has 26 heavy (non-hydrogen) atoms. The van der Waals surface area contributed by atoms with Gasteiger partial charge in [-0.05, 0) is 30.3 Å². The summed E-state index contributed by atoms with van der Waals surface area (Å²) in [7, 11) is 0. The van der Waals surface area contributed by atoms with Crippen molar-refractivity contribution in [2.24, 2.45) is 10.7 Å². The van der Waals surface area contributed by atoms with Gasteiger partial charge in [-0.25, -0.2) is 9.98 Å². The van der Waals surface area contributed by atoms with Crippen molar-refractivity contribution in [1.29, 1.82) is 0 Å². The zero-order valence-corrected chi connectivity index (χ0v) is 15.3. The molecule has 128 valence electrons. The fraction of sp³-hybridized carbons (Fsp3) is 0.0556. The van der Waals surface area contributed by atoms with Gasteiger partial charge in [0.25, 0.3) is 5.95 Å². The molecule has 1 spiro atoms. The Balaban J connectivity index is 1.97. The molecule has 0 aliphatic carbocycles. The van der Waals surface area contributed by atoms with Crippen molar-refractivity contribution in [2.45, 2.75) is 5.54 Å². The fourth-order valence-electron chi connectivity index (χ4n) is 3.59. The molecule has 0 bridgehead atoms. The normalized spacial score (nSPS) is 19.4. The number of ether oxygens (including phenoxy) is 1. The van der Waals surface area contributed by atoms with Crippen LogP contribution in [0.1, 0.15) is 22.3 Å². The van der Waals surface area contributed by atoms with Crippen molar-refractivity contribution in [3.05, 3.63) is 80.6 Å². The van der Waals surface area contributed by atoms with Crippen LogP contribution in [0.25, 0.3) is 0 Å². The van der Waals surface area contributed by atoms with E-state index in [1.807, 2.05) is 12.1 Å². The Morgan fingerprint density at radius 2 is 2.00 bits per heavy atom. The number of fused-ring (bicyclic) bond motifs is 6. The van der Waals surface area contributed by atoms with E-state index in [1.54, 1.807) is 30.6 Å². The molecule has 0 fully saturated rings. The fourth-order valence-corrected chi connectivity index (χ4v) is 4.13. The van der Waals surface area contributed by atoms with Crippen molar-refractivity contribution in [3.63, 3.8) is 0 Å². The molecule has 5 rings (SSSR count). The van der Waals surface area contributed by atoms with Crippen molar-refractivity contribution in [2.75, 3.05) is 0 Å². The van der Waals surface area contributed by atoms with Gasteiger partial charge in [-0.1, -0.05) is 27.5 Å². The minimum Gasteiger partial charge on any atom is -0.452 e. The summed E-state index contributed by atoms with van der Waals surface area (Å²) >= 11 is 9.54. The topological polar surface area (TPSA) is 73.4 Å². The summed E-state index contributed by atoms with van der Waals surface area (Å²) in [4.78, 5) is 12.7. The van der Waals surface area contributed by atoms with Crippen LogP contribution in [0, 0.1) is 5.95 Å². The summed E-state index contributed by atoms with van der Waals surface area (Å²) in [6, 6.07) is 8.78. The quantitative estimate of drug-likeness (QED) is 0.543. The first kappa shape index (κ1) is 15.7. The highest BCUT2D eigenvalue weighted by Gasteiger charge is 2.50. The van der Waals surface area contributed by atoms with E-state index >= 15 is 0 Å². The van der Waals surface area contributed by atoms with E-state index in [1.165, 1.54) is 0 Å². The van der Waals surface area contributed by atoms with Gasteiger partial charge in [0, 0.05) is 39.1 Å². The molecule has 2 aliphatic rings. The lowest BCUT2D eigenvalue weighted by Crippen LogP contribution is -2.30. The van der Waals surface area contributed by atoms with E-state index in [4.69, 9.17) is 27.1 Å². The number of nitrogens with two attached hydrogens (primary N) is 1. The number of rotatable bonds is 0. The van der Waals surface area contributed by atoms with Gasteiger partial charge >= 0.3 is 0 Å². The maximum Gasteiger partial charge on any atom is 0.257 e. The van der Waals surface area contributed by atoms with Crippen LogP contribution in [0.5, 0.6) is 11.5 Å². The predicted octanol–water partition coefficient (Wildman–Crippen LogP) is 4.15. The molecule has 2 aromatic heterocycles. The van der Waals surface area contributed by atoms with Crippen molar-refractivity contribution in [1.82, 2.24) is 9.97 Å². The highest BCUT2D eigenvalue weighted by molar-refractivity contribution is 9.10. The number of benzene rings is 1. The van der Waals surface area contributed by atoms with Crippen LogP contribution in [0.3, 0.4) is 0 Å². The van der Waals surface area contributed by atoms with Crippen molar-refractivity contribution in [3.8, 4) is 11.5 Å². The monoisotopic (exact) mass is 430 g/mol. The first-order chi connectivity index (χ1) is 12.5. The highest BCUT2D eigenvalue weighted by Crippen LogP contribution is 2.56. The molecule has 1 atom stereocenters. The van der Waals surface area contributed by atoms with Crippen LogP contribution in [0.2, 0.25) is 5.15 Å². The standard InChI is InChI=1S/C18H9BrClFN4O/c19-8-1-2-13-10(5-8)18(11-6-14(20)24-16(21)15(11)26-13)12-7-23-4-3-9(12)17(22)25-18/h1-7H,(H2,22,25). The van der Waals surface area contributed by atoms with Gasteiger partial charge in [-0.2, -0.15) is 4.39 Å². The van der Waals surface area contributed by atoms with E-state index in [0.717, 1.165) is 21.2 Å². The molecule has 4 heterocycles. The van der Waals surface area contributed by atoms with Gasteiger partial charge in [-0.3, -0.25) is 4.98 Å². The Bertz CT molecular complexity index is 1140. The number of amidine groups is 1. The Labute approximate surface area is 160 Å². The van der Waals surface area contributed by atoms with Gasteiger partial charge in [0.15, 0.2) is 5.75 Å². The number of aliphatic imine (C=N–C) groups is 1. The molecular weight excluding hydrogens is 423 g/mol. The third-order valence-corrected chi connectivity index (χ3v) is 5.30. The van der Waals surface area contributed by atoms with Gasteiger partial charge in [0.2, 0.25) is 0 Å². The molecule has 0 radical (unpaired) electrons. The third kappa shape index (κ3) is 1.92. The maximum absolute atomic E-state index is 14.6. The molecule has 1 unspecified atom stereocenters. The predicted molar refractivity (Wildman–Crippen MR) is 98.3 cm³/mol. The number of halogens is 3. The Kier molecular flexibility index (Phi) is 3.17. The average molecular weight is 432 g/mol. The molecule has 0 saturated heterocycles. The number of pyridine rings is 2. The summed E-state index contributed by atoms with van der Waals surface area (Å²) in [5.41, 5.74) is 7.74. The molecule has 3 aromatic rings. The first-order valence-corrected chi connectivity index (χ1v) is 8.82. The van der Waals surface area contributed by atoms with E-state index in [0.29, 0.717) is 17.1 Å². The summed E-state index contributed by atoms with van der Waals surface area (Å²) in [6.07, 6.45) is 3.33. The molecule has 2 N–H and O–H groups in total. The lowest BCUT2D eigenvalue weighted by Gasteiger charge is -2.35. The van der Waals surface area contributed by atoms with E-state index in [-0.39, 0.29) is 10.9 Å². The van der Waals surface area contributed by atoms with Crippen LogP contribution in [0.15, 0.2) is 52.2 Å². The Morgan fingerprint density at radius 3 is 2.85 bits per heavy atom. The lowest BCUT2D eigenvalue weighted by molar-refractivity contribution is 0.385. The highest BCUT2D eigenvalue weighted by atomic mass is 79.9. The van der Waals surface area contributed by atoms with E-state index < -0.39 is 11.5 Å². The SMILES string of the molecule is NC1=NC2(c3cc(Br)ccc3Oc3c2cc(Cl)nc3F)c2cnccc21. The van der Waals surface area contributed by atoms with E-state index in [2.05, 4.69) is 25.9 Å². The second kappa shape index (κ2) is 5.25. The molecule has 5 nitrogen and oxygen atoms in total. The number of hydrogen-bond donors (Lipinski definition) is 1. The van der Waals surface area contributed by atoms with Gasteiger partial charge in [-0.15, -0.1) is 0 Å². The van der Waals surface area contributed by atoms with Gasteiger partial charge in [0.05, 0.1) is 0 Å². The first-order valence-electron chi connectivity index (χ1n) is 7.65. The molecule has 0 saturated carbocycles. The molecule has 8 heteroatoms. The second-order valence-corrected chi connectivity index (χ2v) is 7.29. The Morgan fingerprint density at radius 1 is 1.15 bits per heavy atom. The zero-order valence-electron chi connectivity index (χ0n) is 13.0. The van der Waals surface area contributed by atoms with Crippen LogP contribution >= 0.6 is 27.5 Å². The number of hydrogen-bond acceptors (Lipinski definition) is 5. The van der Waals surface area contributed by atoms with Gasteiger partial charge < -0.3 is 10.5 Å². The summed E-state index contributed by atoms with van der Waals surface area (Å²) in [6.45, 7) is 0. The zero-order chi connectivity index (χ0) is 18.1. The van der Waals surface area contributed by atoms with Crippen molar-refractivity contribution >= 4 is 33.4 Å².